The Balaban J connectivity index is 1.38. The molecule has 0 radical (unpaired) electrons. The number of aliphatic hydroxyl groups excluding tert-OH is 1. The summed E-state index contributed by atoms with van der Waals surface area (Å²) in [5.41, 5.74) is -0.704. The zero-order valence-corrected chi connectivity index (χ0v) is 32.2. The zero-order valence-electron chi connectivity index (χ0n) is 32.2. The minimum atomic E-state index is -1.47. The van der Waals surface area contributed by atoms with E-state index in [1.165, 1.54) is 38.5 Å². The van der Waals surface area contributed by atoms with E-state index in [2.05, 4.69) is 4.90 Å². The highest BCUT2D eigenvalue weighted by atomic mass is 16.6. The lowest BCUT2D eigenvalue weighted by molar-refractivity contribution is -0.151. The van der Waals surface area contributed by atoms with Gasteiger partial charge in [0.25, 0.3) is 0 Å². The Morgan fingerprint density at radius 2 is 1.73 bits per heavy atom. The van der Waals surface area contributed by atoms with Gasteiger partial charge in [-0.1, -0.05) is 63.8 Å². The van der Waals surface area contributed by atoms with Crippen LogP contribution in [0.15, 0.2) is 36.0 Å². The van der Waals surface area contributed by atoms with Crippen LogP contribution in [0, 0.1) is 11.8 Å². The van der Waals surface area contributed by atoms with Crippen molar-refractivity contribution in [1.82, 2.24) is 14.7 Å². The van der Waals surface area contributed by atoms with Crippen molar-refractivity contribution in [2.75, 3.05) is 53.0 Å². The highest BCUT2D eigenvalue weighted by molar-refractivity contribution is 5.70. The van der Waals surface area contributed by atoms with Crippen molar-refractivity contribution in [2.24, 2.45) is 11.8 Å². The summed E-state index contributed by atoms with van der Waals surface area (Å²) in [6.07, 6.45) is 15.2. The van der Waals surface area contributed by atoms with Crippen molar-refractivity contribution in [1.29, 1.82) is 0 Å². The van der Waals surface area contributed by atoms with Crippen molar-refractivity contribution in [2.45, 2.75) is 134 Å². The van der Waals surface area contributed by atoms with Gasteiger partial charge >= 0.3 is 18.2 Å². The molecule has 1 saturated carbocycles. The smallest absolute Gasteiger partial charge is 0.410 e. The molecule has 2 N–H and O–H groups in total. The molecular weight excluding hydrogens is 666 g/mol. The summed E-state index contributed by atoms with van der Waals surface area (Å²) >= 11 is 0. The van der Waals surface area contributed by atoms with E-state index in [4.69, 9.17) is 18.9 Å². The van der Waals surface area contributed by atoms with Crippen molar-refractivity contribution in [3.63, 3.8) is 0 Å². The van der Waals surface area contributed by atoms with E-state index >= 15 is 0 Å². The Hall–Kier alpha value is -2.93. The van der Waals surface area contributed by atoms with E-state index in [1.807, 2.05) is 45.1 Å². The number of cyclic esters (lactones) is 1. The van der Waals surface area contributed by atoms with Crippen LogP contribution in [0.3, 0.4) is 0 Å². The summed E-state index contributed by atoms with van der Waals surface area (Å²) < 4.78 is 22.7. The second-order valence-corrected chi connectivity index (χ2v) is 15.7. The van der Waals surface area contributed by atoms with Crippen LogP contribution in [-0.2, 0) is 23.7 Å². The number of nitrogens with zero attached hydrogens (tertiary/aromatic N) is 3. The first-order valence-corrected chi connectivity index (χ1v) is 19.6. The zero-order chi connectivity index (χ0) is 37.7. The molecule has 294 valence electrons. The van der Waals surface area contributed by atoms with Crippen LogP contribution in [0.5, 0.6) is 0 Å². The molecule has 2 amide bonds. The molecule has 1 aliphatic carbocycles. The second-order valence-electron chi connectivity index (χ2n) is 15.7. The number of rotatable bonds is 9. The lowest BCUT2D eigenvalue weighted by atomic mass is 9.89. The number of aliphatic hydroxyl groups is 2. The minimum absolute atomic E-state index is 0.0461. The quantitative estimate of drug-likeness (QED) is 0.101. The molecule has 52 heavy (non-hydrogen) atoms. The van der Waals surface area contributed by atoms with Gasteiger partial charge in [-0.05, 0) is 64.0 Å². The molecule has 3 fully saturated rings. The van der Waals surface area contributed by atoms with E-state index in [0.717, 1.165) is 31.5 Å². The van der Waals surface area contributed by atoms with Gasteiger partial charge in [0, 0.05) is 57.7 Å². The maximum atomic E-state index is 13.5. The number of likely N-dealkylation sites (tertiary alicyclic amines) is 1. The Morgan fingerprint density at radius 3 is 2.42 bits per heavy atom. The Morgan fingerprint density at radius 1 is 1.02 bits per heavy atom. The molecule has 0 aromatic heterocycles. The standard InChI is InChI=1S/C40H65N3O9/c1-29(27-50-39(47)43-21-11-16-33(43)28-49-5)12-10-13-30(2)37-31(3)17-18-35(40(4,48)20-19-34(44)26-36(45)52-37)51-38(46)42-24-22-41(23-25-42)32-14-8-6-7-9-15-32/h10,12-13,17-18,29,31-35,37,44,48H,6-9,11,14-16,19-28H2,1-5H3/b12-10+,18-17+,30-13+/t29-,31-,33+,34-,35+,37+,40-/m0/s1. The highest BCUT2D eigenvalue weighted by Crippen LogP contribution is 2.28. The molecule has 4 rings (SSSR count). The molecule has 0 aromatic carbocycles. The lowest BCUT2D eigenvalue weighted by Gasteiger charge is -2.40. The number of ether oxygens (including phenoxy) is 4. The predicted octanol–water partition coefficient (Wildman–Crippen LogP) is 5.62. The van der Waals surface area contributed by atoms with Crippen LogP contribution in [0.1, 0.15) is 98.3 Å². The van der Waals surface area contributed by atoms with E-state index in [1.54, 1.807) is 29.9 Å². The summed E-state index contributed by atoms with van der Waals surface area (Å²) in [6.45, 7) is 11.5. The van der Waals surface area contributed by atoms with E-state index in [9.17, 15) is 24.6 Å². The first-order valence-electron chi connectivity index (χ1n) is 19.6. The molecule has 0 spiro atoms. The lowest BCUT2D eigenvalue weighted by Crippen LogP contribution is -2.53. The van der Waals surface area contributed by atoms with Gasteiger partial charge in [-0.25, -0.2) is 9.59 Å². The fourth-order valence-corrected chi connectivity index (χ4v) is 7.80. The number of carbonyl (C=O) groups is 3. The Labute approximate surface area is 311 Å². The SMILES string of the molecule is COC[C@H]1CCCN1C(=O)OC[C@@H](C)/C=C/C=C(\C)[C@H]1OC(=O)C[C@@H](O)CC[C@](C)(O)[C@H](OC(=O)N2CCN(C3CCCCCC3)CC2)/C=C/[C@@H]1C. The molecule has 3 aliphatic heterocycles. The van der Waals surface area contributed by atoms with Crippen LogP contribution in [0.4, 0.5) is 9.59 Å². The topological polar surface area (TPSA) is 138 Å². The molecule has 2 saturated heterocycles. The van der Waals surface area contributed by atoms with Crippen molar-refractivity contribution >= 4 is 18.2 Å². The molecule has 0 bridgehead atoms. The molecule has 12 heteroatoms. The summed E-state index contributed by atoms with van der Waals surface area (Å²) in [5.74, 6) is -0.931. The number of allylic oxidation sites excluding steroid dienone is 2. The number of piperazine rings is 1. The van der Waals surface area contributed by atoms with Gasteiger partial charge in [-0.3, -0.25) is 9.69 Å². The van der Waals surface area contributed by atoms with Crippen LogP contribution < -0.4 is 0 Å². The monoisotopic (exact) mass is 731 g/mol. The highest BCUT2D eigenvalue weighted by Gasteiger charge is 2.37. The van der Waals surface area contributed by atoms with Crippen molar-refractivity contribution < 1.29 is 43.5 Å². The van der Waals surface area contributed by atoms with Gasteiger partial charge in [-0.2, -0.15) is 0 Å². The molecule has 7 atom stereocenters. The maximum absolute atomic E-state index is 13.5. The molecule has 12 nitrogen and oxygen atoms in total. The van der Waals surface area contributed by atoms with Crippen LogP contribution in [0.2, 0.25) is 0 Å². The summed E-state index contributed by atoms with van der Waals surface area (Å²) in [5, 5.41) is 22.2. The number of methoxy groups -OCH3 is 1. The molecular formula is C40H65N3O9. The van der Waals surface area contributed by atoms with Gasteiger partial charge in [0.05, 0.1) is 31.8 Å². The number of carbonyl (C=O) groups excluding carboxylic acids is 3. The third kappa shape index (κ3) is 12.6. The number of esters is 1. The Kier molecular flexibility index (Phi) is 16.5. The van der Waals surface area contributed by atoms with Gasteiger partial charge in [0.15, 0.2) is 6.10 Å². The van der Waals surface area contributed by atoms with Crippen LogP contribution in [0.25, 0.3) is 0 Å². The molecule has 4 aliphatic rings. The Bertz CT molecular complexity index is 1240. The largest absolute Gasteiger partial charge is 0.457 e. The third-order valence-electron chi connectivity index (χ3n) is 11.2. The maximum Gasteiger partial charge on any atom is 0.410 e. The summed E-state index contributed by atoms with van der Waals surface area (Å²) in [7, 11) is 1.63. The van der Waals surface area contributed by atoms with Crippen molar-refractivity contribution in [3.8, 4) is 0 Å². The summed E-state index contributed by atoms with van der Waals surface area (Å²) in [6, 6.07) is 0.630. The first-order chi connectivity index (χ1) is 24.9. The van der Waals surface area contributed by atoms with E-state index in [-0.39, 0.29) is 49.8 Å². The summed E-state index contributed by atoms with van der Waals surface area (Å²) in [4.78, 5) is 45.0. The average Bonchev–Trinajstić information content (AvgIpc) is 3.41. The third-order valence-corrected chi connectivity index (χ3v) is 11.2. The first kappa shape index (κ1) is 41.8. The minimum Gasteiger partial charge on any atom is -0.457 e. The predicted molar refractivity (Wildman–Crippen MR) is 199 cm³/mol. The molecule has 3 heterocycles. The fourth-order valence-electron chi connectivity index (χ4n) is 7.80. The van der Waals surface area contributed by atoms with Crippen LogP contribution >= 0.6 is 0 Å². The number of hydrogen-bond donors (Lipinski definition) is 2. The van der Waals surface area contributed by atoms with Crippen molar-refractivity contribution in [3.05, 3.63) is 36.0 Å². The van der Waals surface area contributed by atoms with Gasteiger partial charge in [0.1, 0.15) is 11.7 Å². The number of amides is 2. The van der Waals surface area contributed by atoms with Gasteiger partial charge < -0.3 is 39.0 Å². The van der Waals surface area contributed by atoms with E-state index < -0.39 is 36.0 Å². The molecule has 0 aromatic rings. The second kappa shape index (κ2) is 20.5. The molecule has 0 unspecified atom stereocenters. The van der Waals surface area contributed by atoms with E-state index in [0.29, 0.717) is 32.3 Å². The van der Waals surface area contributed by atoms with Gasteiger partial charge in [0.2, 0.25) is 0 Å². The normalized spacial score (nSPS) is 32.0. The fraction of sp³-hybridized carbons (Fsp3) is 0.775. The van der Waals surface area contributed by atoms with Crippen LogP contribution in [-0.4, -0.2) is 132 Å². The van der Waals surface area contributed by atoms with Gasteiger partial charge in [-0.15, -0.1) is 0 Å². The number of hydrogen-bond acceptors (Lipinski definition) is 10. The average molecular weight is 732 g/mol.